The van der Waals surface area contributed by atoms with Gasteiger partial charge in [-0.3, -0.25) is 0 Å². The van der Waals surface area contributed by atoms with Crippen LogP contribution in [0.3, 0.4) is 0 Å². The summed E-state index contributed by atoms with van der Waals surface area (Å²) < 4.78 is 1.35. The monoisotopic (exact) mass is 412 g/mol. The van der Waals surface area contributed by atoms with E-state index in [2.05, 4.69) is 42.5 Å². The molecule has 2 rings (SSSR count). The van der Waals surface area contributed by atoms with Crippen molar-refractivity contribution >= 4 is 55.2 Å². The largest absolute Gasteiger partial charge is 0.478 e. The quantitative estimate of drug-likeness (QED) is 0.690. The highest BCUT2D eigenvalue weighted by atomic mass is 79.9. The minimum atomic E-state index is -1.12. The van der Waals surface area contributed by atoms with Crippen molar-refractivity contribution in [1.82, 2.24) is 0 Å². The zero-order valence-electron chi connectivity index (χ0n) is 10.6. The molecule has 0 bridgehead atoms. The van der Waals surface area contributed by atoms with Gasteiger partial charge in [0.1, 0.15) is 0 Å². The zero-order valence-corrected chi connectivity index (χ0v) is 13.7. The Kier molecular flexibility index (Phi) is 4.98. The minimum Gasteiger partial charge on any atom is -0.478 e. The Morgan fingerprint density at radius 3 is 2.29 bits per heavy atom. The van der Waals surface area contributed by atoms with Gasteiger partial charge in [-0.1, -0.05) is 28.1 Å². The summed E-state index contributed by atoms with van der Waals surface area (Å²) >= 11 is 6.51. The lowest BCUT2D eigenvalue weighted by molar-refractivity contribution is 0.0698. The van der Waals surface area contributed by atoms with Crippen LogP contribution in [0.2, 0.25) is 0 Å². The molecular weight excluding hydrogens is 404 g/mol. The topological polar surface area (TPSA) is 78.4 Å². The van der Waals surface area contributed by atoms with Crippen molar-refractivity contribution in [2.75, 3.05) is 10.6 Å². The summed E-state index contributed by atoms with van der Waals surface area (Å²) in [5.74, 6) is -1.12. The standard InChI is InChI=1S/C14H10Br2N2O3/c15-8-5-6-11(9(7-8)13(19)20)17-14(21)18-12-4-2-1-3-10(12)16/h1-7H,(H,19,20)(H2,17,18,21). The maximum atomic E-state index is 11.9. The number of nitrogens with one attached hydrogen (secondary N) is 2. The van der Waals surface area contributed by atoms with Crippen LogP contribution in [0.25, 0.3) is 0 Å². The van der Waals surface area contributed by atoms with Crippen LogP contribution < -0.4 is 10.6 Å². The Labute approximate surface area is 137 Å². The molecule has 0 saturated heterocycles. The van der Waals surface area contributed by atoms with E-state index in [1.807, 2.05) is 6.07 Å². The summed E-state index contributed by atoms with van der Waals surface area (Å²) in [6.07, 6.45) is 0. The van der Waals surface area contributed by atoms with Crippen molar-refractivity contribution in [2.24, 2.45) is 0 Å². The third-order valence-corrected chi connectivity index (χ3v) is 3.77. The second-order valence-corrected chi connectivity index (χ2v) is 5.82. The van der Waals surface area contributed by atoms with E-state index in [1.54, 1.807) is 24.3 Å². The van der Waals surface area contributed by atoms with Gasteiger partial charge in [-0.2, -0.15) is 0 Å². The third-order valence-electron chi connectivity index (χ3n) is 2.58. The van der Waals surface area contributed by atoms with E-state index in [-0.39, 0.29) is 11.3 Å². The lowest BCUT2D eigenvalue weighted by atomic mass is 10.2. The highest BCUT2D eigenvalue weighted by Crippen LogP contribution is 2.23. The third kappa shape index (κ3) is 4.05. The number of rotatable bonds is 3. The number of amides is 2. The molecule has 2 amide bonds. The fourth-order valence-corrected chi connectivity index (χ4v) is 2.39. The summed E-state index contributed by atoms with van der Waals surface area (Å²) in [7, 11) is 0. The molecule has 0 heterocycles. The average Bonchev–Trinajstić information content (AvgIpc) is 2.43. The van der Waals surface area contributed by atoms with Gasteiger partial charge in [0.15, 0.2) is 0 Å². The van der Waals surface area contributed by atoms with Gasteiger partial charge in [0.2, 0.25) is 0 Å². The van der Waals surface area contributed by atoms with Gasteiger partial charge in [-0.25, -0.2) is 9.59 Å². The Hall–Kier alpha value is -1.86. The Morgan fingerprint density at radius 1 is 0.952 bits per heavy atom. The van der Waals surface area contributed by atoms with Crippen molar-refractivity contribution in [1.29, 1.82) is 0 Å². The highest BCUT2D eigenvalue weighted by Gasteiger charge is 2.13. The van der Waals surface area contributed by atoms with E-state index in [9.17, 15) is 9.59 Å². The first kappa shape index (κ1) is 15.5. The van der Waals surface area contributed by atoms with Crippen molar-refractivity contribution in [2.45, 2.75) is 0 Å². The number of carboxylic acids is 1. The first-order valence-corrected chi connectivity index (χ1v) is 7.41. The van der Waals surface area contributed by atoms with Gasteiger partial charge in [0.05, 0.1) is 16.9 Å². The molecule has 3 N–H and O–H groups in total. The average molecular weight is 414 g/mol. The Balaban J connectivity index is 2.17. The van der Waals surface area contributed by atoms with Crippen molar-refractivity contribution in [3.05, 3.63) is 57.0 Å². The number of carbonyl (C=O) groups excluding carboxylic acids is 1. The van der Waals surface area contributed by atoms with Crippen LogP contribution in [0.15, 0.2) is 51.4 Å². The second-order valence-electron chi connectivity index (χ2n) is 4.05. The maximum absolute atomic E-state index is 11.9. The summed E-state index contributed by atoms with van der Waals surface area (Å²) in [5.41, 5.74) is 0.811. The van der Waals surface area contributed by atoms with Crippen LogP contribution in [-0.4, -0.2) is 17.1 Å². The fraction of sp³-hybridized carbons (Fsp3) is 0. The molecule has 21 heavy (non-hydrogen) atoms. The number of anilines is 2. The molecule has 2 aromatic rings. The molecule has 108 valence electrons. The summed E-state index contributed by atoms with van der Waals surface area (Å²) in [5, 5.41) is 14.3. The number of urea groups is 1. The van der Waals surface area contributed by atoms with E-state index >= 15 is 0 Å². The summed E-state index contributed by atoms with van der Waals surface area (Å²) in [6, 6.07) is 11.2. The smallest absolute Gasteiger partial charge is 0.337 e. The molecule has 0 spiro atoms. The van der Waals surface area contributed by atoms with Gasteiger partial charge in [0, 0.05) is 8.95 Å². The SMILES string of the molecule is O=C(Nc1ccccc1Br)Nc1ccc(Br)cc1C(=O)O. The Bertz CT molecular complexity index is 704. The lowest BCUT2D eigenvalue weighted by Gasteiger charge is -2.11. The summed E-state index contributed by atoms with van der Waals surface area (Å²) in [6.45, 7) is 0. The van der Waals surface area contributed by atoms with Gasteiger partial charge in [0.25, 0.3) is 0 Å². The number of aromatic carboxylic acids is 1. The fourth-order valence-electron chi connectivity index (χ4n) is 1.64. The molecule has 0 saturated carbocycles. The number of carboxylic acid groups (broad SMARTS) is 1. The number of para-hydroxylation sites is 1. The molecule has 0 aliphatic carbocycles. The molecule has 7 heteroatoms. The van der Waals surface area contributed by atoms with Crippen LogP contribution in [0.1, 0.15) is 10.4 Å². The minimum absolute atomic E-state index is 0.00616. The van der Waals surface area contributed by atoms with Crippen molar-refractivity contribution in [3.63, 3.8) is 0 Å². The van der Waals surface area contributed by atoms with Crippen LogP contribution in [-0.2, 0) is 0 Å². The molecule has 0 aromatic heterocycles. The molecule has 0 aliphatic heterocycles. The van der Waals surface area contributed by atoms with E-state index in [1.165, 1.54) is 12.1 Å². The van der Waals surface area contributed by atoms with E-state index in [4.69, 9.17) is 5.11 Å². The first-order chi connectivity index (χ1) is 9.97. The van der Waals surface area contributed by atoms with Crippen molar-refractivity contribution in [3.8, 4) is 0 Å². The molecule has 0 radical (unpaired) electrons. The number of hydrogen-bond acceptors (Lipinski definition) is 2. The predicted molar refractivity (Wildman–Crippen MR) is 87.9 cm³/mol. The Morgan fingerprint density at radius 2 is 1.62 bits per heavy atom. The number of hydrogen-bond donors (Lipinski definition) is 3. The lowest BCUT2D eigenvalue weighted by Crippen LogP contribution is -2.21. The molecule has 0 aliphatic rings. The van der Waals surface area contributed by atoms with E-state index in [0.717, 1.165) is 4.47 Å². The molecular formula is C14H10Br2N2O3. The van der Waals surface area contributed by atoms with Gasteiger partial charge >= 0.3 is 12.0 Å². The number of benzene rings is 2. The maximum Gasteiger partial charge on any atom is 0.337 e. The molecule has 5 nitrogen and oxygen atoms in total. The number of halogens is 2. The first-order valence-electron chi connectivity index (χ1n) is 5.83. The summed E-state index contributed by atoms with van der Waals surface area (Å²) in [4.78, 5) is 23.1. The van der Waals surface area contributed by atoms with Crippen LogP contribution >= 0.6 is 31.9 Å². The van der Waals surface area contributed by atoms with Gasteiger partial charge in [-0.15, -0.1) is 0 Å². The zero-order chi connectivity index (χ0) is 15.4. The molecule has 2 aromatic carbocycles. The van der Waals surface area contributed by atoms with Crippen LogP contribution in [0, 0.1) is 0 Å². The van der Waals surface area contributed by atoms with Crippen LogP contribution in [0.4, 0.5) is 16.2 Å². The molecule has 0 fully saturated rings. The second kappa shape index (κ2) is 6.73. The normalized spacial score (nSPS) is 10.0. The van der Waals surface area contributed by atoms with E-state index < -0.39 is 12.0 Å². The molecule has 0 unspecified atom stereocenters. The number of carbonyl (C=O) groups is 2. The predicted octanol–water partition coefficient (Wildman–Crippen LogP) is 4.55. The van der Waals surface area contributed by atoms with Gasteiger partial charge in [-0.05, 0) is 46.3 Å². The van der Waals surface area contributed by atoms with Crippen LogP contribution in [0.5, 0.6) is 0 Å². The van der Waals surface area contributed by atoms with E-state index in [0.29, 0.717) is 10.2 Å². The molecule has 0 atom stereocenters. The van der Waals surface area contributed by atoms with Gasteiger partial charge < -0.3 is 15.7 Å². The van der Waals surface area contributed by atoms with Crippen molar-refractivity contribution < 1.29 is 14.7 Å². The highest BCUT2D eigenvalue weighted by molar-refractivity contribution is 9.10.